The molecule has 1 fully saturated rings. The van der Waals surface area contributed by atoms with Crippen molar-refractivity contribution >= 4 is 23.0 Å². The summed E-state index contributed by atoms with van der Waals surface area (Å²) in [6, 6.07) is 8.30. The van der Waals surface area contributed by atoms with Crippen molar-refractivity contribution in [2.24, 2.45) is 0 Å². The molecule has 0 radical (unpaired) electrons. The number of nitrogens with zero attached hydrogens (tertiary/aromatic N) is 3. The second kappa shape index (κ2) is 8.08. The van der Waals surface area contributed by atoms with Gasteiger partial charge in [0, 0.05) is 23.5 Å². The molecule has 6 heteroatoms. The number of nitrogens with one attached hydrogen (secondary N) is 1. The summed E-state index contributed by atoms with van der Waals surface area (Å²) in [5.41, 5.74) is 3.40. The van der Waals surface area contributed by atoms with Crippen LogP contribution in [0.3, 0.4) is 0 Å². The molecule has 5 nitrogen and oxygen atoms in total. The van der Waals surface area contributed by atoms with E-state index in [0.717, 1.165) is 58.1 Å². The van der Waals surface area contributed by atoms with E-state index in [9.17, 15) is 5.11 Å². The van der Waals surface area contributed by atoms with E-state index in [1.165, 1.54) is 6.42 Å². The third-order valence-electron chi connectivity index (χ3n) is 5.63. The zero-order valence-electron chi connectivity index (χ0n) is 18.2. The average molecular weight is 423 g/mol. The first-order valence-electron chi connectivity index (χ1n) is 10.6. The Hall–Kier alpha value is -2.31. The third-order valence-corrected chi connectivity index (χ3v) is 6.87. The SMILES string of the molecule is Cc1cc(Nc2nccc(C(C)(C)C)n2)cc(-c2cnc(C3(O)CCCCC3)s2)c1. The standard InChI is InChI=1S/C24H30N4OS/c1-16-12-17(19-15-26-21(30-19)24(29)9-6-5-7-10-24)14-18(13-16)27-22-25-11-8-20(28-22)23(2,3)4/h8,11-15,29H,5-7,9-10H2,1-4H3,(H,25,27,28). The van der Waals surface area contributed by atoms with E-state index in [4.69, 9.17) is 0 Å². The monoisotopic (exact) mass is 422 g/mol. The molecule has 1 saturated carbocycles. The van der Waals surface area contributed by atoms with Gasteiger partial charge >= 0.3 is 0 Å². The molecular weight excluding hydrogens is 392 g/mol. The van der Waals surface area contributed by atoms with E-state index in [0.29, 0.717) is 5.95 Å². The largest absolute Gasteiger partial charge is 0.383 e. The number of aromatic nitrogens is 3. The van der Waals surface area contributed by atoms with Gasteiger partial charge in [-0.25, -0.2) is 15.0 Å². The number of hydrogen-bond donors (Lipinski definition) is 2. The predicted molar refractivity (Wildman–Crippen MR) is 123 cm³/mol. The number of aliphatic hydroxyl groups is 1. The molecule has 2 heterocycles. The predicted octanol–water partition coefficient (Wildman–Crippen LogP) is 6.10. The maximum Gasteiger partial charge on any atom is 0.227 e. The Morgan fingerprint density at radius 2 is 1.83 bits per heavy atom. The van der Waals surface area contributed by atoms with E-state index in [-0.39, 0.29) is 5.41 Å². The molecule has 3 aromatic rings. The van der Waals surface area contributed by atoms with Crippen molar-refractivity contribution in [1.82, 2.24) is 15.0 Å². The Kier molecular flexibility index (Phi) is 5.64. The highest BCUT2D eigenvalue weighted by molar-refractivity contribution is 7.15. The smallest absolute Gasteiger partial charge is 0.227 e. The van der Waals surface area contributed by atoms with Crippen molar-refractivity contribution < 1.29 is 5.11 Å². The van der Waals surface area contributed by atoms with Crippen LogP contribution in [0.15, 0.2) is 36.7 Å². The number of rotatable bonds is 4. The van der Waals surface area contributed by atoms with Crippen LogP contribution < -0.4 is 5.32 Å². The lowest BCUT2D eigenvalue weighted by atomic mass is 9.85. The minimum Gasteiger partial charge on any atom is -0.383 e. The molecule has 2 N–H and O–H groups in total. The van der Waals surface area contributed by atoms with E-state index in [1.54, 1.807) is 17.5 Å². The van der Waals surface area contributed by atoms with Crippen LogP contribution in [0.1, 0.15) is 69.1 Å². The second-order valence-electron chi connectivity index (χ2n) is 9.35. The molecule has 0 aliphatic heterocycles. The molecule has 2 aromatic heterocycles. The summed E-state index contributed by atoms with van der Waals surface area (Å²) in [4.78, 5) is 14.7. The van der Waals surface area contributed by atoms with Crippen LogP contribution in [-0.4, -0.2) is 20.1 Å². The van der Waals surface area contributed by atoms with Crippen molar-refractivity contribution in [2.75, 3.05) is 5.32 Å². The fraction of sp³-hybridized carbons (Fsp3) is 0.458. The Labute approximate surface area is 182 Å². The molecule has 1 aliphatic carbocycles. The van der Waals surface area contributed by atoms with Gasteiger partial charge in [-0.05, 0) is 49.1 Å². The van der Waals surface area contributed by atoms with Crippen molar-refractivity contribution in [3.63, 3.8) is 0 Å². The maximum atomic E-state index is 11.0. The molecular formula is C24H30N4OS. The zero-order chi connectivity index (χ0) is 21.4. The fourth-order valence-corrected chi connectivity index (χ4v) is 4.99. The first kappa shape index (κ1) is 20.9. The Morgan fingerprint density at radius 1 is 1.07 bits per heavy atom. The first-order valence-corrected chi connectivity index (χ1v) is 11.5. The molecule has 158 valence electrons. The van der Waals surface area contributed by atoms with Gasteiger partial charge < -0.3 is 10.4 Å². The van der Waals surface area contributed by atoms with Gasteiger partial charge in [-0.2, -0.15) is 0 Å². The van der Waals surface area contributed by atoms with Crippen molar-refractivity contribution in [3.05, 3.63) is 52.9 Å². The number of anilines is 2. The lowest BCUT2D eigenvalue weighted by Gasteiger charge is -2.29. The van der Waals surface area contributed by atoms with Crippen LogP contribution in [0.2, 0.25) is 0 Å². The van der Waals surface area contributed by atoms with Crippen molar-refractivity contribution in [1.29, 1.82) is 0 Å². The summed E-state index contributed by atoms with van der Waals surface area (Å²) in [6.45, 7) is 8.51. The minimum absolute atomic E-state index is 0.0322. The Bertz CT molecular complexity index is 1030. The molecule has 0 amide bonds. The Morgan fingerprint density at radius 3 is 2.57 bits per heavy atom. The van der Waals surface area contributed by atoms with Gasteiger partial charge in [0.15, 0.2) is 0 Å². The first-order chi connectivity index (χ1) is 14.2. The lowest BCUT2D eigenvalue weighted by molar-refractivity contribution is -0.000807. The highest BCUT2D eigenvalue weighted by Gasteiger charge is 2.34. The maximum absolute atomic E-state index is 11.0. The minimum atomic E-state index is -0.757. The molecule has 1 aromatic carbocycles. The highest BCUT2D eigenvalue weighted by Crippen LogP contribution is 2.41. The highest BCUT2D eigenvalue weighted by atomic mass is 32.1. The van der Waals surface area contributed by atoms with Crippen LogP contribution in [0.25, 0.3) is 10.4 Å². The van der Waals surface area contributed by atoms with Crippen LogP contribution in [0.5, 0.6) is 0 Å². The summed E-state index contributed by atoms with van der Waals surface area (Å²) < 4.78 is 0. The fourth-order valence-electron chi connectivity index (χ4n) is 3.94. The zero-order valence-corrected chi connectivity index (χ0v) is 19.0. The van der Waals surface area contributed by atoms with Crippen LogP contribution in [0.4, 0.5) is 11.6 Å². The number of thiazole rings is 1. The lowest BCUT2D eigenvalue weighted by Crippen LogP contribution is -2.28. The van der Waals surface area contributed by atoms with Crippen LogP contribution >= 0.6 is 11.3 Å². The molecule has 0 atom stereocenters. The molecule has 0 bridgehead atoms. The van der Waals surface area contributed by atoms with Crippen molar-refractivity contribution in [2.45, 2.75) is 70.8 Å². The van der Waals surface area contributed by atoms with Gasteiger partial charge in [-0.1, -0.05) is 46.1 Å². The van der Waals surface area contributed by atoms with Gasteiger partial charge in [0.05, 0.1) is 10.6 Å². The third kappa shape index (κ3) is 4.55. The van der Waals surface area contributed by atoms with Gasteiger partial charge in [-0.15, -0.1) is 11.3 Å². The van der Waals surface area contributed by atoms with Crippen molar-refractivity contribution in [3.8, 4) is 10.4 Å². The van der Waals surface area contributed by atoms with E-state index >= 15 is 0 Å². The van der Waals surface area contributed by atoms with Gasteiger partial charge in [0.25, 0.3) is 0 Å². The summed E-state index contributed by atoms with van der Waals surface area (Å²) in [5, 5.41) is 15.2. The summed E-state index contributed by atoms with van der Waals surface area (Å²) in [7, 11) is 0. The normalized spacial score (nSPS) is 16.4. The number of hydrogen-bond acceptors (Lipinski definition) is 6. The van der Waals surface area contributed by atoms with Crippen LogP contribution in [-0.2, 0) is 11.0 Å². The summed E-state index contributed by atoms with van der Waals surface area (Å²) in [6.07, 6.45) is 8.64. The number of benzene rings is 1. The average Bonchev–Trinajstić information content (AvgIpc) is 3.19. The molecule has 0 unspecified atom stereocenters. The molecule has 0 spiro atoms. The van der Waals surface area contributed by atoms with Gasteiger partial charge in [0.2, 0.25) is 5.95 Å². The van der Waals surface area contributed by atoms with E-state index in [2.05, 4.69) is 66.2 Å². The topological polar surface area (TPSA) is 70.9 Å². The molecule has 30 heavy (non-hydrogen) atoms. The quantitative estimate of drug-likeness (QED) is 0.531. The van der Waals surface area contributed by atoms with E-state index < -0.39 is 5.60 Å². The van der Waals surface area contributed by atoms with Gasteiger partial charge in [0.1, 0.15) is 10.6 Å². The van der Waals surface area contributed by atoms with Gasteiger partial charge in [-0.3, -0.25) is 0 Å². The molecule has 4 rings (SSSR count). The molecule has 0 saturated heterocycles. The molecule has 1 aliphatic rings. The Balaban J connectivity index is 1.60. The van der Waals surface area contributed by atoms with E-state index in [1.807, 2.05) is 12.3 Å². The number of aryl methyl sites for hydroxylation is 1. The summed E-state index contributed by atoms with van der Waals surface area (Å²) >= 11 is 1.60. The van der Waals surface area contributed by atoms with Crippen LogP contribution in [0, 0.1) is 6.92 Å². The summed E-state index contributed by atoms with van der Waals surface area (Å²) in [5.74, 6) is 0.598. The second-order valence-corrected chi connectivity index (χ2v) is 10.4.